The van der Waals surface area contributed by atoms with Gasteiger partial charge in [-0.1, -0.05) is 6.07 Å². The van der Waals surface area contributed by atoms with Gasteiger partial charge in [-0.3, -0.25) is 14.6 Å². The van der Waals surface area contributed by atoms with Crippen molar-refractivity contribution in [3.05, 3.63) is 71.9 Å². The molecule has 0 bridgehead atoms. The van der Waals surface area contributed by atoms with Crippen molar-refractivity contribution in [2.45, 2.75) is 24.8 Å². The molecule has 39 heavy (non-hydrogen) atoms. The zero-order valence-corrected chi connectivity index (χ0v) is 22.0. The number of pyridine rings is 1. The number of ether oxygens (including phenoxy) is 2. The fourth-order valence-electron chi connectivity index (χ4n) is 5.46. The maximum Gasteiger partial charge on any atom is 0.270 e. The van der Waals surface area contributed by atoms with E-state index in [-0.39, 0.29) is 24.0 Å². The summed E-state index contributed by atoms with van der Waals surface area (Å²) >= 11 is 0. The Morgan fingerprint density at radius 3 is 2.72 bits per heavy atom. The Balaban J connectivity index is 1.16. The van der Waals surface area contributed by atoms with Gasteiger partial charge in [0.2, 0.25) is 5.91 Å². The summed E-state index contributed by atoms with van der Waals surface area (Å²) < 4.78 is 10.8. The molecule has 0 unspecified atom stereocenters. The van der Waals surface area contributed by atoms with E-state index in [1.54, 1.807) is 25.6 Å². The third-order valence-electron chi connectivity index (χ3n) is 7.88. The Hall–Kier alpha value is -4.31. The van der Waals surface area contributed by atoms with E-state index in [2.05, 4.69) is 21.0 Å². The van der Waals surface area contributed by atoms with Gasteiger partial charge in [0.15, 0.2) is 0 Å². The normalized spacial score (nSPS) is 17.1. The number of H-pyrrole nitrogens is 1. The number of fused-ring (bicyclic) bond motifs is 1. The molecule has 10 nitrogen and oxygen atoms in total. The average molecular weight is 527 g/mol. The highest BCUT2D eigenvalue weighted by molar-refractivity contribution is 5.98. The van der Waals surface area contributed by atoms with Crippen LogP contribution in [0, 0.1) is 0 Å². The summed E-state index contributed by atoms with van der Waals surface area (Å²) in [6, 6.07) is 13.5. The summed E-state index contributed by atoms with van der Waals surface area (Å²) in [6.07, 6.45) is 5.39. The number of hydrogen-bond donors (Lipinski definition) is 1. The van der Waals surface area contributed by atoms with Crippen LogP contribution in [0.2, 0.25) is 0 Å². The lowest BCUT2D eigenvalue weighted by Gasteiger charge is -2.49. The molecular weight excluding hydrogens is 496 g/mol. The van der Waals surface area contributed by atoms with Gasteiger partial charge >= 0.3 is 0 Å². The smallest absolute Gasteiger partial charge is 0.270 e. The number of rotatable bonds is 5. The van der Waals surface area contributed by atoms with E-state index >= 15 is 0 Å². The number of nitrogens with zero attached hydrogens (tertiary/aromatic N) is 5. The van der Waals surface area contributed by atoms with Crippen LogP contribution in [0.5, 0.6) is 5.75 Å². The molecule has 2 fully saturated rings. The molecule has 6 rings (SSSR count). The first-order valence-electron chi connectivity index (χ1n) is 13.0. The molecule has 3 aromatic heterocycles. The highest BCUT2D eigenvalue weighted by atomic mass is 16.5. The molecule has 0 saturated carbocycles. The maximum absolute atomic E-state index is 13.3. The molecular formula is C29H30N6O4. The van der Waals surface area contributed by atoms with E-state index in [9.17, 15) is 9.59 Å². The Labute approximate surface area is 226 Å². The number of aromatic amines is 1. The number of likely N-dealkylation sites (N-methyl/N-ethyl adjacent to an activating group) is 1. The quantitative estimate of drug-likeness (QED) is 0.425. The van der Waals surface area contributed by atoms with Crippen LogP contribution in [0.3, 0.4) is 0 Å². The number of amides is 2. The minimum atomic E-state index is -0.316. The maximum atomic E-state index is 13.3. The minimum absolute atomic E-state index is 0.00142. The predicted molar refractivity (Wildman–Crippen MR) is 144 cm³/mol. The monoisotopic (exact) mass is 526 g/mol. The third-order valence-corrected chi connectivity index (χ3v) is 7.88. The number of methoxy groups -OCH3 is 1. The summed E-state index contributed by atoms with van der Waals surface area (Å²) in [5.74, 6) is 1.37. The first-order chi connectivity index (χ1) is 18.9. The number of piperidine rings is 1. The van der Waals surface area contributed by atoms with Gasteiger partial charge in [0.1, 0.15) is 23.9 Å². The molecule has 2 aliphatic rings. The van der Waals surface area contributed by atoms with Gasteiger partial charge in [0, 0.05) is 55.9 Å². The highest BCUT2D eigenvalue weighted by Crippen LogP contribution is 2.32. The van der Waals surface area contributed by atoms with Gasteiger partial charge in [0.25, 0.3) is 5.91 Å². The fraction of sp³-hybridized carbons (Fsp3) is 0.345. The Kier molecular flexibility index (Phi) is 6.48. The van der Waals surface area contributed by atoms with Gasteiger partial charge in [-0.15, -0.1) is 0 Å². The first kappa shape index (κ1) is 25.0. The van der Waals surface area contributed by atoms with Crippen molar-refractivity contribution < 1.29 is 19.1 Å². The van der Waals surface area contributed by atoms with Crippen LogP contribution in [0.25, 0.3) is 22.3 Å². The SMILES string of the molecule is COc1ccnc(-c2ccnc(Cc3ccc4[nH]c(C(=O)N5CCC6(CC5)COCC(=O)N6C)cc4c3)n2)c1. The van der Waals surface area contributed by atoms with E-state index < -0.39 is 0 Å². The number of benzene rings is 1. The number of aromatic nitrogens is 4. The molecule has 2 amide bonds. The third kappa shape index (κ3) is 4.83. The zero-order valence-electron chi connectivity index (χ0n) is 22.0. The lowest BCUT2D eigenvalue weighted by Crippen LogP contribution is -2.62. The second-order valence-corrected chi connectivity index (χ2v) is 10.2. The lowest BCUT2D eigenvalue weighted by atomic mass is 9.85. The molecule has 200 valence electrons. The second kappa shape index (κ2) is 10.1. The average Bonchev–Trinajstić information content (AvgIpc) is 3.40. The lowest BCUT2D eigenvalue weighted by molar-refractivity contribution is -0.158. The van der Waals surface area contributed by atoms with Gasteiger partial charge < -0.3 is 24.3 Å². The Morgan fingerprint density at radius 1 is 1.08 bits per heavy atom. The van der Waals surface area contributed by atoms with Crippen molar-refractivity contribution in [3.8, 4) is 17.1 Å². The molecule has 1 spiro atoms. The number of nitrogens with one attached hydrogen (secondary N) is 1. The number of carbonyl (C=O) groups is 2. The van der Waals surface area contributed by atoms with Crippen LogP contribution < -0.4 is 4.74 Å². The topological polar surface area (TPSA) is 114 Å². The zero-order chi connectivity index (χ0) is 27.0. The second-order valence-electron chi connectivity index (χ2n) is 10.2. The number of likely N-dealkylation sites (tertiary alicyclic amines) is 1. The van der Waals surface area contributed by atoms with Crippen molar-refractivity contribution in [2.24, 2.45) is 0 Å². The molecule has 5 heterocycles. The largest absolute Gasteiger partial charge is 0.497 e. The van der Waals surface area contributed by atoms with Crippen LogP contribution in [0.1, 0.15) is 34.7 Å². The molecule has 0 atom stereocenters. The summed E-state index contributed by atoms with van der Waals surface area (Å²) in [5.41, 5.74) is 3.64. The molecule has 4 aromatic rings. The highest BCUT2D eigenvalue weighted by Gasteiger charge is 2.44. The summed E-state index contributed by atoms with van der Waals surface area (Å²) in [6.45, 7) is 1.82. The van der Waals surface area contributed by atoms with Crippen molar-refractivity contribution >= 4 is 22.7 Å². The van der Waals surface area contributed by atoms with Crippen molar-refractivity contribution in [3.63, 3.8) is 0 Å². The van der Waals surface area contributed by atoms with E-state index in [4.69, 9.17) is 14.5 Å². The van der Waals surface area contributed by atoms with Crippen LogP contribution in [-0.2, 0) is 16.0 Å². The van der Waals surface area contributed by atoms with Crippen molar-refractivity contribution in [1.82, 2.24) is 29.7 Å². The van der Waals surface area contributed by atoms with Crippen molar-refractivity contribution in [1.29, 1.82) is 0 Å². The van der Waals surface area contributed by atoms with E-state index in [1.807, 2.05) is 47.2 Å². The van der Waals surface area contributed by atoms with Crippen LogP contribution >= 0.6 is 0 Å². The summed E-state index contributed by atoms with van der Waals surface area (Å²) in [4.78, 5) is 46.0. The molecule has 1 aromatic carbocycles. The molecule has 2 saturated heterocycles. The van der Waals surface area contributed by atoms with Crippen molar-refractivity contribution in [2.75, 3.05) is 40.5 Å². The molecule has 0 aliphatic carbocycles. The van der Waals surface area contributed by atoms with Gasteiger partial charge in [0.05, 0.1) is 30.6 Å². The standard InChI is InChI=1S/C29H30N6O4/c1-34-27(36)17-39-18-29(34)7-11-35(12-8-29)28(37)25-15-20-13-19(3-4-22(20)32-25)14-26-31-10-6-23(33-26)24-16-21(38-2)5-9-30-24/h3-6,9-10,13,15-16,32H,7-8,11-12,14,17-18H2,1-2H3. The number of carbonyl (C=O) groups excluding carboxylic acids is 2. The van der Waals surface area contributed by atoms with Gasteiger partial charge in [-0.2, -0.15) is 0 Å². The van der Waals surface area contributed by atoms with Crippen LogP contribution in [0.15, 0.2) is 54.9 Å². The number of hydrogen-bond acceptors (Lipinski definition) is 7. The molecule has 10 heteroatoms. The Bertz CT molecular complexity index is 1540. The first-order valence-corrected chi connectivity index (χ1v) is 13.0. The van der Waals surface area contributed by atoms with E-state index in [0.29, 0.717) is 50.5 Å². The summed E-state index contributed by atoms with van der Waals surface area (Å²) in [5, 5.41) is 0.959. The molecule has 2 aliphatic heterocycles. The fourth-order valence-corrected chi connectivity index (χ4v) is 5.46. The molecule has 1 N–H and O–H groups in total. The van der Waals surface area contributed by atoms with E-state index in [0.717, 1.165) is 33.6 Å². The predicted octanol–water partition coefficient (Wildman–Crippen LogP) is 3.08. The van der Waals surface area contributed by atoms with Gasteiger partial charge in [-0.25, -0.2) is 9.97 Å². The minimum Gasteiger partial charge on any atom is -0.497 e. The number of morpholine rings is 1. The Morgan fingerprint density at radius 2 is 1.90 bits per heavy atom. The van der Waals surface area contributed by atoms with E-state index in [1.165, 1.54) is 0 Å². The van der Waals surface area contributed by atoms with Gasteiger partial charge in [-0.05, 0) is 48.7 Å². The molecule has 0 radical (unpaired) electrons. The van der Waals surface area contributed by atoms with Crippen LogP contribution in [0.4, 0.5) is 0 Å². The summed E-state index contributed by atoms with van der Waals surface area (Å²) in [7, 11) is 3.46. The van der Waals surface area contributed by atoms with Crippen LogP contribution in [-0.4, -0.2) is 87.5 Å².